The van der Waals surface area contributed by atoms with Crippen molar-refractivity contribution in [2.45, 2.75) is 13.3 Å². The average Bonchev–Trinajstić information content (AvgIpc) is 3.18. The van der Waals surface area contributed by atoms with Crippen molar-refractivity contribution in [2.75, 3.05) is 4.72 Å². The molecular weight excluding hydrogens is 410 g/mol. The standard InChI is InChI=1S/C20H17N3O4S2/c1-12-16-6-5-14(19-22-7-8-28-19)11-18(16)27-20(24)17(12)10-13-3-2-4-15(9-13)23-29(21,25)26/h2-9,11,23H,10H2,1H3,(H2,21,25,26). The molecule has 9 heteroatoms. The fourth-order valence-electron chi connectivity index (χ4n) is 3.21. The van der Waals surface area contributed by atoms with E-state index < -0.39 is 15.8 Å². The van der Waals surface area contributed by atoms with Gasteiger partial charge in [-0.2, -0.15) is 8.42 Å². The molecule has 0 spiro atoms. The first kappa shape index (κ1) is 19.3. The molecule has 0 unspecified atom stereocenters. The molecule has 2 heterocycles. The number of nitrogens with two attached hydrogens (primary N) is 1. The molecule has 0 bridgehead atoms. The number of anilines is 1. The summed E-state index contributed by atoms with van der Waals surface area (Å²) in [5, 5.41) is 8.62. The number of hydrogen-bond donors (Lipinski definition) is 2. The van der Waals surface area contributed by atoms with E-state index in [1.807, 2.05) is 36.6 Å². The Hall–Kier alpha value is -3.01. The molecule has 0 saturated heterocycles. The highest BCUT2D eigenvalue weighted by Crippen LogP contribution is 2.28. The number of rotatable bonds is 5. The molecule has 29 heavy (non-hydrogen) atoms. The molecular formula is C20H17N3O4S2. The van der Waals surface area contributed by atoms with Gasteiger partial charge in [-0.15, -0.1) is 11.3 Å². The van der Waals surface area contributed by atoms with Gasteiger partial charge in [-0.25, -0.2) is 14.9 Å². The molecule has 2 aromatic heterocycles. The molecule has 148 valence electrons. The minimum absolute atomic E-state index is 0.304. The molecule has 0 radical (unpaired) electrons. The van der Waals surface area contributed by atoms with Crippen LogP contribution in [0.3, 0.4) is 0 Å². The Morgan fingerprint density at radius 3 is 2.76 bits per heavy atom. The van der Waals surface area contributed by atoms with Gasteiger partial charge >= 0.3 is 5.63 Å². The summed E-state index contributed by atoms with van der Waals surface area (Å²) in [7, 11) is -3.87. The van der Waals surface area contributed by atoms with Gasteiger partial charge in [-0.05, 0) is 36.2 Å². The van der Waals surface area contributed by atoms with Gasteiger partial charge < -0.3 is 4.42 Å². The smallest absolute Gasteiger partial charge is 0.340 e. The second-order valence-electron chi connectivity index (χ2n) is 6.57. The average molecular weight is 428 g/mol. The molecule has 7 nitrogen and oxygen atoms in total. The summed E-state index contributed by atoms with van der Waals surface area (Å²) in [4.78, 5) is 16.9. The summed E-state index contributed by atoms with van der Waals surface area (Å²) in [6, 6.07) is 12.4. The predicted molar refractivity (Wildman–Crippen MR) is 114 cm³/mol. The van der Waals surface area contributed by atoms with Gasteiger partial charge in [0.25, 0.3) is 10.2 Å². The second kappa shape index (κ2) is 7.43. The summed E-state index contributed by atoms with van der Waals surface area (Å²) in [6.45, 7) is 1.88. The fraction of sp³-hybridized carbons (Fsp3) is 0.100. The molecule has 0 aliphatic carbocycles. The molecule has 0 fully saturated rings. The first-order valence-corrected chi connectivity index (χ1v) is 11.1. The van der Waals surface area contributed by atoms with E-state index in [9.17, 15) is 13.2 Å². The van der Waals surface area contributed by atoms with E-state index in [0.717, 1.165) is 27.1 Å². The summed E-state index contributed by atoms with van der Waals surface area (Å²) in [6.07, 6.45) is 2.03. The van der Waals surface area contributed by atoms with Crippen molar-refractivity contribution in [1.29, 1.82) is 0 Å². The van der Waals surface area contributed by atoms with Crippen LogP contribution in [-0.4, -0.2) is 13.4 Å². The Labute approximate surface area is 171 Å². The highest BCUT2D eigenvalue weighted by molar-refractivity contribution is 7.90. The van der Waals surface area contributed by atoms with Crippen molar-refractivity contribution < 1.29 is 12.8 Å². The minimum atomic E-state index is -3.87. The van der Waals surface area contributed by atoms with Crippen LogP contribution in [0.2, 0.25) is 0 Å². The van der Waals surface area contributed by atoms with E-state index in [1.54, 1.807) is 24.4 Å². The van der Waals surface area contributed by atoms with E-state index in [-0.39, 0.29) is 0 Å². The normalized spacial score (nSPS) is 11.7. The van der Waals surface area contributed by atoms with Gasteiger partial charge in [0.1, 0.15) is 10.6 Å². The third kappa shape index (κ3) is 4.21. The number of aromatic nitrogens is 1. The van der Waals surface area contributed by atoms with E-state index in [2.05, 4.69) is 9.71 Å². The van der Waals surface area contributed by atoms with Gasteiger partial charge in [0.15, 0.2) is 0 Å². The predicted octanol–water partition coefficient (Wildman–Crippen LogP) is 3.43. The van der Waals surface area contributed by atoms with Crippen molar-refractivity contribution in [3.63, 3.8) is 0 Å². The zero-order chi connectivity index (χ0) is 20.6. The highest BCUT2D eigenvalue weighted by Gasteiger charge is 2.14. The Morgan fingerprint density at radius 1 is 1.21 bits per heavy atom. The zero-order valence-electron chi connectivity index (χ0n) is 15.4. The molecule has 2 aromatic carbocycles. The SMILES string of the molecule is Cc1c(Cc2cccc(NS(N)(=O)=O)c2)c(=O)oc2cc(-c3nccs3)ccc12. The number of aryl methyl sites for hydroxylation is 1. The first-order valence-electron chi connectivity index (χ1n) is 8.66. The van der Waals surface area contributed by atoms with Crippen molar-refractivity contribution in [1.82, 2.24) is 4.98 Å². The number of nitrogens with one attached hydrogen (secondary N) is 1. The molecule has 0 aliphatic heterocycles. The van der Waals surface area contributed by atoms with Crippen LogP contribution in [-0.2, 0) is 16.6 Å². The summed E-state index contributed by atoms with van der Waals surface area (Å²) in [5.74, 6) is 0. The van der Waals surface area contributed by atoms with Crippen molar-refractivity contribution >= 4 is 38.2 Å². The molecule has 0 atom stereocenters. The molecule has 0 aliphatic rings. The number of hydrogen-bond acceptors (Lipinski definition) is 6. The molecule has 4 rings (SSSR count). The van der Waals surface area contributed by atoms with Gasteiger partial charge in [-0.1, -0.05) is 24.3 Å². The minimum Gasteiger partial charge on any atom is -0.422 e. The van der Waals surface area contributed by atoms with E-state index in [4.69, 9.17) is 9.56 Å². The van der Waals surface area contributed by atoms with Gasteiger partial charge in [0.05, 0.1) is 5.69 Å². The van der Waals surface area contributed by atoms with Crippen molar-refractivity contribution in [2.24, 2.45) is 5.14 Å². The molecule has 4 aromatic rings. The van der Waals surface area contributed by atoms with Crippen LogP contribution in [0.1, 0.15) is 16.7 Å². The second-order valence-corrected chi connectivity index (χ2v) is 8.75. The zero-order valence-corrected chi connectivity index (χ0v) is 17.0. The summed E-state index contributed by atoms with van der Waals surface area (Å²) in [5.41, 5.74) is 3.42. The quantitative estimate of drug-likeness (QED) is 0.474. The number of nitrogens with zero attached hydrogens (tertiary/aromatic N) is 1. The lowest BCUT2D eigenvalue weighted by Gasteiger charge is -2.10. The fourth-order valence-corrected chi connectivity index (χ4v) is 4.30. The monoisotopic (exact) mass is 427 g/mol. The molecule has 3 N–H and O–H groups in total. The van der Waals surface area contributed by atoms with Crippen LogP contribution in [0.5, 0.6) is 0 Å². The third-order valence-electron chi connectivity index (χ3n) is 4.53. The lowest BCUT2D eigenvalue weighted by atomic mass is 9.99. The van der Waals surface area contributed by atoms with Crippen LogP contribution in [0.15, 0.2) is 63.3 Å². The van der Waals surface area contributed by atoms with Crippen LogP contribution in [0.4, 0.5) is 5.69 Å². The van der Waals surface area contributed by atoms with E-state index >= 15 is 0 Å². The maximum absolute atomic E-state index is 12.7. The number of fused-ring (bicyclic) bond motifs is 1. The summed E-state index contributed by atoms with van der Waals surface area (Å²) < 4.78 is 30.3. The Bertz CT molecular complexity index is 1360. The van der Waals surface area contributed by atoms with Gasteiger partial charge in [0, 0.05) is 34.5 Å². The Balaban J connectivity index is 1.72. The lowest BCUT2D eigenvalue weighted by Crippen LogP contribution is -2.21. The van der Waals surface area contributed by atoms with Crippen LogP contribution < -0.4 is 15.5 Å². The van der Waals surface area contributed by atoms with E-state index in [1.165, 1.54) is 11.3 Å². The maximum Gasteiger partial charge on any atom is 0.340 e. The van der Waals surface area contributed by atoms with Crippen LogP contribution >= 0.6 is 11.3 Å². The molecule has 0 amide bonds. The topological polar surface area (TPSA) is 115 Å². The largest absolute Gasteiger partial charge is 0.422 e. The van der Waals surface area contributed by atoms with Crippen molar-refractivity contribution in [3.8, 4) is 10.6 Å². The lowest BCUT2D eigenvalue weighted by molar-refractivity contribution is 0.551. The Morgan fingerprint density at radius 2 is 2.03 bits per heavy atom. The van der Waals surface area contributed by atoms with Gasteiger partial charge in [0.2, 0.25) is 0 Å². The number of thiazole rings is 1. The Kier molecular flexibility index (Phi) is 4.95. The van der Waals surface area contributed by atoms with Gasteiger partial charge in [-0.3, -0.25) is 4.72 Å². The van der Waals surface area contributed by atoms with Crippen LogP contribution in [0.25, 0.3) is 21.5 Å². The number of benzene rings is 2. The first-order chi connectivity index (χ1) is 13.8. The van der Waals surface area contributed by atoms with Crippen LogP contribution in [0, 0.1) is 6.92 Å². The van der Waals surface area contributed by atoms with Crippen molar-refractivity contribution in [3.05, 3.63) is 81.2 Å². The maximum atomic E-state index is 12.7. The summed E-state index contributed by atoms with van der Waals surface area (Å²) >= 11 is 1.51. The van der Waals surface area contributed by atoms with E-state index in [0.29, 0.717) is 23.3 Å². The third-order valence-corrected chi connectivity index (χ3v) is 5.88. The molecule has 0 saturated carbocycles. The highest BCUT2D eigenvalue weighted by atomic mass is 32.2.